The molecule has 1 amide bonds. The lowest BCUT2D eigenvalue weighted by Gasteiger charge is -2.38. The Morgan fingerprint density at radius 1 is 1.06 bits per heavy atom. The number of amides is 1. The van der Waals surface area contributed by atoms with Gasteiger partial charge in [0.1, 0.15) is 5.60 Å². The van der Waals surface area contributed by atoms with Crippen LogP contribution in [0.3, 0.4) is 0 Å². The van der Waals surface area contributed by atoms with Gasteiger partial charge in [0.15, 0.2) is 23.1 Å². The Labute approximate surface area is 194 Å². The highest BCUT2D eigenvalue weighted by molar-refractivity contribution is 5.78. The van der Waals surface area contributed by atoms with Crippen molar-refractivity contribution in [2.75, 3.05) is 18.4 Å². The normalized spacial score (nSPS) is 22.3. The van der Waals surface area contributed by atoms with Gasteiger partial charge in [-0.15, -0.1) is 5.10 Å². The second-order valence-corrected chi connectivity index (χ2v) is 10.0. The number of nitrogens with zero attached hydrogens (tertiary/aromatic N) is 4. The minimum atomic E-state index is -1.52. The predicted octanol–water partition coefficient (Wildman–Crippen LogP) is 4.87. The molecule has 3 heterocycles. The molecule has 2 bridgehead atoms. The van der Waals surface area contributed by atoms with Crippen LogP contribution in [0.2, 0.25) is 0 Å². The van der Waals surface area contributed by atoms with E-state index in [4.69, 9.17) is 4.74 Å². The van der Waals surface area contributed by atoms with Gasteiger partial charge in [0, 0.05) is 36.5 Å². The fourth-order valence-corrected chi connectivity index (χ4v) is 4.99. The molecular weight excluding hydrogens is 447 g/mol. The van der Waals surface area contributed by atoms with Gasteiger partial charge in [-0.25, -0.2) is 22.5 Å². The van der Waals surface area contributed by atoms with E-state index in [0.29, 0.717) is 30.2 Å². The zero-order valence-electron chi connectivity index (χ0n) is 19.2. The number of hydrogen-bond acceptors (Lipinski definition) is 5. The van der Waals surface area contributed by atoms with Crippen molar-refractivity contribution in [2.45, 2.75) is 45.3 Å². The summed E-state index contributed by atoms with van der Waals surface area (Å²) in [5.41, 5.74) is 0.000783. The molecule has 1 saturated carbocycles. The average molecular weight is 473 g/mol. The predicted molar refractivity (Wildman–Crippen MR) is 120 cm³/mol. The lowest BCUT2D eigenvalue weighted by atomic mass is 9.92. The van der Waals surface area contributed by atoms with E-state index in [-0.39, 0.29) is 29.5 Å². The van der Waals surface area contributed by atoms with Crippen LogP contribution in [0.1, 0.15) is 33.6 Å². The van der Waals surface area contributed by atoms with Crippen molar-refractivity contribution in [2.24, 2.45) is 11.8 Å². The molecule has 10 heteroatoms. The lowest BCUT2D eigenvalue weighted by molar-refractivity contribution is 0.0141. The number of piperidine rings is 1. The Morgan fingerprint density at radius 2 is 1.76 bits per heavy atom. The Morgan fingerprint density at radius 3 is 2.44 bits per heavy atom. The molecule has 34 heavy (non-hydrogen) atoms. The van der Waals surface area contributed by atoms with E-state index in [1.807, 2.05) is 20.8 Å². The number of hydrogen-bond donors (Lipinski definition) is 1. The summed E-state index contributed by atoms with van der Waals surface area (Å²) in [6.45, 7) is 6.72. The second kappa shape index (κ2) is 8.18. The Balaban J connectivity index is 1.38. The van der Waals surface area contributed by atoms with Gasteiger partial charge in [0.2, 0.25) is 5.95 Å². The molecular formula is C24H26F3N5O2. The summed E-state index contributed by atoms with van der Waals surface area (Å²) in [5, 5.41) is 7.87. The SMILES string of the molecule is CC(C)(C)OC(=O)N1C[C@H]2CC[C@@H](C1)C2Nc1nc2c(-c3ccc(F)c(F)c3F)cccn2n1. The largest absolute Gasteiger partial charge is 0.444 e. The van der Waals surface area contributed by atoms with Gasteiger partial charge in [-0.3, -0.25) is 0 Å². The molecule has 1 saturated heterocycles. The third kappa shape index (κ3) is 4.05. The van der Waals surface area contributed by atoms with Crippen molar-refractivity contribution in [3.8, 4) is 11.1 Å². The maximum Gasteiger partial charge on any atom is 0.410 e. The highest BCUT2D eigenvalue weighted by Crippen LogP contribution is 2.39. The first kappa shape index (κ1) is 22.5. The van der Waals surface area contributed by atoms with Crippen LogP contribution < -0.4 is 5.32 Å². The monoisotopic (exact) mass is 473 g/mol. The average Bonchev–Trinajstić information content (AvgIpc) is 3.27. The number of likely N-dealkylation sites (tertiary alicyclic amines) is 1. The van der Waals surface area contributed by atoms with E-state index >= 15 is 0 Å². The summed E-state index contributed by atoms with van der Waals surface area (Å²) in [5.74, 6) is -3.22. The standard InChI is InChI=1S/C24H26F3N5O2/c1-24(2,3)34-23(33)31-11-13-6-7-14(12-31)20(13)28-22-29-21-16(5-4-10-32(21)30-22)15-8-9-17(25)19(27)18(15)26/h4-5,8-10,13-14,20H,6-7,11-12H2,1-3H3,(H,28,30)/t13-,14+,20?. The highest BCUT2D eigenvalue weighted by Gasteiger charge is 2.44. The summed E-state index contributed by atoms with van der Waals surface area (Å²) in [7, 11) is 0. The molecule has 1 aliphatic heterocycles. The Bertz CT molecular complexity index is 1240. The zero-order chi connectivity index (χ0) is 24.2. The molecule has 2 fully saturated rings. The van der Waals surface area contributed by atoms with Crippen LogP contribution in [0.5, 0.6) is 0 Å². The van der Waals surface area contributed by atoms with Crippen LogP contribution in [-0.4, -0.2) is 50.3 Å². The first-order valence-electron chi connectivity index (χ1n) is 11.3. The Hall–Kier alpha value is -3.30. The quantitative estimate of drug-likeness (QED) is 0.550. The number of pyridine rings is 1. The third-order valence-corrected chi connectivity index (χ3v) is 6.47. The molecule has 5 rings (SSSR count). The number of nitrogens with one attached hydrogen (secondary N) is 1. The summed E-state index contributed by atoms with van der Waals surface area (Å²) in [4.78, 5) is 18.8. The smallest absolute Gasteiger partial charge is 0.410 e. The van der Waals surface area contributed by atoms with E-state index < -0.39 is 23.1 Å². The fourth-order valence-electron chi connectivity index (χ4n) is 4.99. The van der Waals surface area contributed by atoms with Gasteiger partial charge in [-0.2, -0.15) is 4.98 Å². The van der Waals surface area contributed by atoms with Gasteiger partial charge >= 0.3 is 6.09 Å². The minimum absolute atomic E-state index is 0.0829. The van der Waals surface area contributed by atoms with Crippen LogP contribution in [-0.2, 0) is 4.74 Å². The van der Waals surface area contributed by atoms with Gasteiger partial charge in [-0.1, -0.05) is 0 Å². The highest BCUT2D eigenvalue weighted by atomic mass is 19.2. The molecule has 1 unspecified atom stereocenters. The van der Waals surface area contributed by atoms with Crippen LogP contribution in [0.4, 0.5) is 23.9 Å². The van der Waals surface area contributed by atoms with Crippen LogP contribution in [0.25, 0.3) is 16.8 Å². The van der Waals surface area contributed by atoms with E-state index in [9.17, 15) is 18.0 Å². The molecule has 1 aliphatic carbocycles. The van der Waals surface area contributed by atoms with Crippen molar-refractivity contribution in [1.29, 1.82) is 0 Å². The molecule has 3 atom stereocenters. The number of fused-ring (bicyclic) bond motifs is 3. The van der Waals surface area contributed by atoms with Crippen molar-refractivity contribution in [3.63, 3.8) is 0 Å². The third-order valence-electron chi connectivity index (χ3n) is 6.47. The molecule has 1 N–H and O–H groups in total. The number of carbonyl (C=O) groups excluding carboxylic acids is 1. The molecule has 2 aromatic heterocycles. The van der Waals surface area contributed by atoms with Crippen molar-refractivity contribution in [3.05, 3.63) is 47.9 Å². The summed E-state index contributed by atoms with van der Waals surface area (Å²) in [6, 6.07) is 5.40. The minimum Gasteiger partial charge on any atom is -0.444 e. The fraction of sp³-hybridized carbons (Fsp3) is 0.458. The number of rotatable bonds is 3. The molecule has 0 radical (unpaired) electrons. The number of benzene rings is 1. The second-order valence-electron chi connectivity index (χ2n) is 10.0. The van der Waals surface area contributed by atoms with Crippen LogP contribution in [0, 0.1) is 29.3 Å². The molecule has 1 aromatic carbocycles. The number of carbonyl (C=O) groups is 1. The van der Waals surface area contributed by atoms with Gasteiger partial charge in [-0.05, 0) is 69.7 Å². The van der Waals surface area contributed by atoms with Crippen molar-refractivity contribution >= 4 is 17.7 Å². The molecule has 180 valence electrons. The number of halogens is 3. The van der Waals surface area contributed by atoms with Gasteiger partial charge in [0.25, 0.3) is 0 Å². The maximum absolute atomic E-state index is 14.4. The molecule has 0 spiro atoms. The zero-order valence-corrected chi connectivity index (χ0v) is 19.2. The van der Waals surface area contributed by atoms with Gasteiger partial charge < -0.3 is 15.0 Å². The van der Waals surface area contributed by atoms with E-state index in [1.165, 1.54) is 10.6 Å². The lowest BCUT2D eigenvalue weighted by Crippen LogP contribution is -2.51. The molecule has 7 nitrogen and oxygen atoms in total. The molecule has 2 aliphatic rings. The maximum atomic E-state index is 14.4. The van der Waals surface area contributed by atoms with Crippen molar-refractivity contribution < 1.29 is 22.7 Å². The number of ether oxygens (including phenoxy) is 1. The first-order valence-corrected chi connectivity index (χ1v) is 11.3. The topological polar surface area (TPSA) is 71.8 Å². The Kier molecular flexibility index (Phi) is 5.41. The number of anilines is 1. The van der Waals surface area contributed by atoms with E-state index in [0.717, 1.165) is 18.9 Å². The van der Waals surface area contributed by atoms with Crippen LogP contribution >= 0.6 is 0 Å². The summed E-state index contributed by atoms with van der Waals surface area (Å²) >= 11 is 0. The number of aromatic nitrogens is 3. The van der Waals surface area contributed by atoms with E-state index in [1.54, 1.807) is 23.2 Å². The summed E-state index contributed by atoms with van der Waals surface area (Å²) < 4.78 is 48.7. The molecule has 3 aromatic rings. The van der Waals surface area contributed by atoms with Gasteiger partial charge in [0.05, 0.1) is 0 Å². The van der Waals surface area contributed by atoms with E-state index in [2.05, 4.69) is 15.4 Å². The van der Waals surface area contributed by atoms with Crippen molar-refractivity contribution in [1.82, 2.24) is 19.5 Å². The van der Waals surface area contributed by atoms with Crippen LogP contribution in [0.15, 0.2) is 30.5 Å². The first-order chi connectivity index (χ1) is 16.1. The summed E-state index contributed by atoms with van der Waals surface area (Å²) in [6.07, 6.45) is 3.31.